The molecule has 0 aliphatic heterocycles. The van der Waals surface area contributed by atoms with Crippen molar-refractivity contribution in [1.82, 2.24) is 0 Å². The molecule has 0 N–H and O–H groups in total. The Hall–Kier alpha value is -0.520. The van der Waals surface area contributed by atoms with E-state index in [9.17, 15) is 0 Å². The Morgan fingerprint density at radius 3 is 2.09 bits per heavy atom. The summed E-state index contributed by atoms with van der Waals surface area (Å²) in [5.41, 5.74) is 3.06. The van der Waals surface area contributed by atoms with Gasteiger partial charge in [-0.05, 0) is 33.1 Å². The standard InChI is InChI=1S/C11H20/c1-5-7-8-9-11(6-2)10(3)4/h7-8H,5-6,9H2,1-4H3. The van der Waals surface area contributed by atoms with Crippen LogP contribution in [-0.2, 0) is 0 Å². The highest BCUT2D eigenvalue weighted by atomic mass is 14.0. The van der Waals surface area contributed by atoms with Crippen LogP contribution in [0.3, 0.4) is 0 Å². The molecule has 0 heterocycles. The van der Waals surface area contributed by atoms with Crippen molar-refractivity contribution in [3.63, 3.8) is 0 Å². The van der Waals surface area contributed by atoms with Crippen LogP contribution in [0, 0.1) is 0 Å². The van der Waals surface area contributed by atoms with Gasteiger partial charge in [-0.25, -0.2) is 0 Å². The smallest absolute Gasteiger partial charge is 0.0136 e. The van der Waals surface area contributed by atoms with E-state index in [4.69, 9.17) is 0 Å². The molecule has 0 aromatic carbocycles. The van der Waals surface area contributed by atoms with Crippen LogP contribution in [0.5, 0.6) is 0 Å². The number of hydrogen-bond donors (Lipinski definition) is 0. The van der Waals surface area contributed by atoms with E-state index < -0.39 is 0 Å². The Labute approximate surface area is 71.0 Å². The van der Waals surface area contributed by atoms with Crippen LogP contribution in [0.4, 0.5) is 0 Å². The summed E-state index contributed by atoms with van der Waals surface area (Å²) in [6.07, 6.45) is 7.99. The van der Waals surface area contributed by atoms with Crippen LogP contribution in [0.2, 0.25) is 0 Å². The van der Waals surface area contributed by atoms with E-state index >= 15 is 0 Å². The van der Waals surface area contributed by atoms with Crippen molar-refractivity contribution in [2.45, 2.75) is 47.0 Å². The topological polar surface area (TPSA) is 0 Å². The SMILES string of the molecule is CCC=CCC(CC)=C(C)C. The lowest BCUT2D eigenvalue weighted by Crippen LogP contribution is -1.81. The fourth-order valence-corrected chi connectivity index (χ4v) is 1.09. The van der Waals surface area contributed by atoms with Gasteiger partial charge in [0.05, 0.1) is 0 Å². The van der Waals surface area contributed by atoms with E-state index in [1.165, 1.54) is 12.0 Å². The lowest BCUT2D eigenvalue weighted by Gasteiger charge is -2.02. The summed E-state index contributed by atoms with van der Waals surface area (Å²) in [6, 6.07) is 0. The molecule has 0 nitrogen and oxygen atoms in total. The van der Waals surface area contributed by atoms with Crippen LogP contribution < -0.4 is 0 Å². The van der Waals surface area contributed by atoms with Gasteiger partial charge >= 0.3 is 0 Å². The Morgan fingerprint density at radius 2 is 1.73 bits per heavy atom. The molecule has 64 valence electrons. The van der Waals surface area contributed by atoms with Crippen LogP contribution in [0.1, 0.15) is 47.0 Å². The zero-order chi connectivity index (χ0) is 8.69. The average Bonchev–Trinajstić information content (AvgIpc) is 1.97. The lowest BCUT2D eigenvalue weighted by atomic mass is 10.0. The second-order valence-corrected chi connectivity index (χ2v) is 3.04. The van der Waals surface area contributed by atoms with E-state index in [1.54, 1.807) is 5.57 Å². The molecule has 0 amide bonds. The van der Waals surface area contributed by atoms with Gasteiger partial charge in [0.15, 0.2) is 0 Å². The van der Waals surface area contributed by atoms with Gasteiger partial charge in [-0.3, -0.25) is 0 Å². The van der Waals surface area contributed by atoms with Gasteiger partial charge < -0.3 is 0 Å². The molecule has 0 saturated carbocycles. The minimum atomic E-state index is 1.15. The Morgan fingerprint density at radius 1 is 1.09 bits per heavy atom. The van der Waals surface area contributed by atoms with Gasteiger partial charge in [0.25, 0.3) is 0 Å². The maximum Gasteiger partial charge on any atom is -0.0136 e. The molecule has 0 unspecified atom stereocenters. The first kappa shape index (κ1) is 10.5. The van der Waals surface area contributed by atoms with E-state index in [0.29, 0.717) is 0 Å². The van der Waals surface area contributed by atoms with E-state index in [0.717, 1.165) is 12.8 Å². The van der Waals surface area contributed by atoms with Crippen molar-refractivity contribution in [3.05, 3.63) is 23.3 Å². The second-order valence-electron chi connectivity index (χ2n) is 3.04. The Kier molecular flexibility index (Phi) is 5.91. The predicted molar refractivity (Wildman–Crippen MR) is 52.7 cm³/mol. The molecule has 0 aromatic rings. The maximum atomic E-state index is 2.27. The van der Waals surface area contributed by atoms with E-state index in [2.05, 4.69) is 39.8 Å². The second kappa shape index (κ2) is 6.21. The molecule has 0 bridgehead atoms. The van der Waals surface area contributed by atoms with Crippen molar-refractivity contribution in [2.24, 2.45) is 0 Å². The lowest BCUT2D eigenvalue weighted by molar-refractivity contribution is 0.987. The summed E-state index contributed by atoms with van der Waals surface area (Å²) < 4.78 is 0. The third-order valence-corrected chi connectivity index (χ3v) is 1.90. The van der Waals surface area contributed by atoms with Crippen molar-refractivity contribution in [3.8, 4) is 0 Å². The summed E-state index contributed by atoms with van der Waals surface area (Å²) in [5, 5.41) is 0. The summed E-state index contributed by atoms with van der Waals surface area (Å²) in [6.45, 7) is 8.78. The zero-order valence-electron chi connectivity index (χ0n) is 8.28. The quantitative estimate of drug-likeness (QED) is 0.532. The average molecular weight is 152 g/mol. The number of hydrogen-bond acceptors (Lipinski definition) is 0. The van der Waals surface area contributed by atoms with Gasteiger partial charge in [-0.2, -0.15) is 0 Å². The van der Waals surface area contributed by atoms with Crippen LogP contribution >= 0.6 is 0 Å². The summed E-state index contributed by atoms with van der Waals surface area (Å²) in [7, 11) is 0. The third-order valence-electron chi connectivity index (χ3n) is 1.90. The largest absolute Gasteiger partial charge is 0.0885 e. The Balaban J connectivity index is 3.90. The fraction of sp³-hybridized carbons (Fsp3) is 0.636. The molecule has 0 atom stereocenters. The van der Waals surface area contributed by atoms with Gasteiger partial charge in [0.1, 0.15) is 0 Å². The Bertz CT molecular complexity index is 145. The van der Waals surface area contributed by atoms with Crippen molar-refractivity contribution >= 4 is 0 Å². The van der Waals surface area contributed by atoms with Crippen LogP contribution in [-0.4, -0.2) is 0 Å². The van der Waals surface area contributed by atoms with E-state index in [-0.39, 0.29) is 0 Å². The zero-order valence-corrected chi connectivity index (χ0v) is 8.28. The minimum Gasteiger partial charge on any atom is -0.0885 e. The van der Waals surface area contributed by atoms with Crippen LogP contribution in [0.15, 0.2) is 23.3 Å². The molecule has 11 heavy (non-hydrogen) atoms. The molecule has 0 aliphatic rings. The molecular weight excluding hydrogens is 132 g/mol. The highest BCUT2D eigenvalue weighted by Gasteiger charge is 1.92. The molecule has 0 aromatic heterocycles. The molecule has 0 fully saturated rings. The van der Waals surface area contributed by atoms with Crippen molar-refractivity contribution in [2.75, 3.05) is 0 Å². The van der Waals surface area contributed by atoms with Gasteiger partial charge in [-0.15, -0.1) is 0 Å². The van der Waals surface area contributed by atoms with Gasteiger partial charge in [0, 0.05) is 0 Å². The highest BCUT2D eigenvalue weighted by molar-refractivity contribution is 5.12. The number of allylic oxidation sites excluding steroid dienone is 4. The van der Waals surface area contributed by atoms with Crippen LogP contribution in [0.25, 0.3) is 0 Å². The number of rotatable bonds is 4. The summed E-state index contributed by atoms with van der Waals surface area (Å²) in [4.78, 5) is 0. The summed E-state index contributed by atoms with van der Waals surface area (Å²) >= 11 is 0. The molecule has 0 heteroatoms. The van der Waals surface area contributed by atoms with Gasteiger partial charge in [0.2, 0.25) is 0 Å². The predicted octanol–water partition coefficient (Wildman–Crippen LogP) is 4.09. The normalized spacial score (nSPS) is 10.5. The first-order valence-electron chi connectivity index (χ1n) is 4.52. The van der Waals surface area contributed by atoms with Gasteiger partial charge in [-0.1, -0.05) is 37.1 Å². The summed E-state index contributed by atoms with van der Waals surface area (Å²) in [5.74, 6) is 0. The molecule has 0 radical (unpaired) electrons. The minimum absolute atomic E-state index is 1.15. The maximum absolute atomic E-state index is 2.27. The first-order valence-corrected chi connectivity index (χ1v) is 4.52. The van der Waals surface area contributed by atoms with Crippen molar-refractivity contribution < 1.29 is 0 Å². The molecular formula is C11H20. The third kappa shape index (κ3) is 4.83. The highest BCUT2D eigenvalue weighted by Crippen LogP contribution is 2.12. The first-order chi connectivity index (χ1) is 5.22. The monoisotopic (exact) mass is 152 g/mol. The molecule has 0 saturated heterocycles. The van der Waals surface area contributed by atoms with E-state index in [1.807, 2.05) is 0 Å². The van der Waals surface area contributed by atoms with Crippen molar-refractivity contribution in [1.29, 1.82) is 0 Å². The molecule has 0 spiro atoms. The fourth-order valence-electron chi connectivity index (χ4n) is 1.09. The molecule has 0 rings (SSSR count). The molecule has 0 aliphatic carbocycles.